The summed E-state index contributed by atoms with van der Waals surface area (Å²) in [6, 6.07) is 11.0. The van der Waals surface area contributed by atoms with Crippen molar-refractivity contribution in [3.63, 3.8) is 0 Å². The van der Waals surface area contributed by atoms with Crippen molar-refractivity contribution in [3.05, 3.63) is 52.3 Å². The van der Waals surface area contributed by atoms with Gasteiger partial charge in [0, 0.05) is 12.1 Å². The molecule has 1 saturated heterocycles. The molecule has 1 aromatic heterocycles. The number of hydrogen-bond donors (Lipinski definition) is 0. The first-order chi connectivity index (χ1) is 11.5. The Morgan fingerprint density at radius 2 is 1.96 bits per heavy atom. The van der Waals surface area contributed by atoms with Crippen LogP contribution >= 0.6 is 0 Å². The van der Waals surface area contributed by atoms with Crippen LogP contribution in [-0.2, 0) is 6.54 Å². The fourth-order valence-electron chi connectivity index (χ4n) is 3.26. The summed E-state index contributed by atoms with van der Waals surface area (Å²) in [5.74, 6) is 1.39. The first-order valence-electron chi connectivity index (χ1n) is 8.26. The molecule has 1 aliphatic heterocycles. The van der Waals surface area contributed by atoms with Crippen LogP contribution in [-0.4, -0.2) is 47.9 Å². The molecule has 6 heteroatoms. The normalized spacial score (nSPS) is 16.6. The second-order valence-corrected chi connectivity index (χ2v) is 6.49. The largest absolute Gasteiger partial charge is 0.459 e. The van der Waals surface area contributed by atoms with Gasteiger partial charge in [0.15, 0.2) is 0 Å². The van der Waals surface area contributed by atoms with Gasteiger partial charge in [-0.3, -0.25) is 15.0 Å². The van der Waals surface area contributed by atoms with E-state index in [0.717, 1.165) is 38.2 Å². The third kappa shape index (κ3) is 3.66. The highest BCUT2D eigenvalue weighted by Gasteiger charge is 2.22. The van der Waals surface area contributed by atoms with Gasteiger partial charge >= 0.3 is 0 Å². The smallest absolute Gasteiger partial charge is 0.280 e. The SMILES string of the molecule is CN1CCC(N(C)Cc2ccc(-c3ccccc3[N+](=O)[O-])o2)CC1. The summed E-state index contributed by atoms with van der Waals surface area (Å²) < 4.78 is 5.89. The summed E-state index contributed by atoms with van der Waals surface area (Å²) in [5, 5.41) is 11.2. The zero-order valence-electron chi connectivity index (χ0n) is 14.1. The highest BCUT2D eigenvalue weighted by Crippen LogP contribution is 2.31. The molecule has 0 saturated carbocycles. The molecular formula is C18H23N3O3. The molecule has 0 N–H and O–H groups in total. The monoisotopic (exact) mass is 329 g/mol. The van der Waals surface area contributed by atoms with Gasteiger partial charge in [0.05, 0.1) is 17.0 Å². The van der Waals surface area contributed by atoms with Crippen molar-refractivity contribution in [3.8, 4) is 11.3 Å². The van der Waals surface area contributed by atoms with Crippen LogP contribution in [0, 0.1) is 10.1 Å². The molecule has 0 spiro atoms. The topological polar surface area (TPSA) is 62.8 Å². The summed E-state index contributed by atoms with van der Waals surface area (Å²) in [6.07, 6.45) is 2.31. The van der Waals surface area contributed by atoms with Crippen molar-refractivity contribution in [2.45, 2.75) is 25.4 Å². The molecule has 24 heavy (non-hydrogen) atoms. The van der Waals surface area contributed by atoms with Crippen LogP contribution in [0.1, 0.15) is 18.6 Å². The van der Waals surface area contributed by atoms with E-state index in [1.165, 1.54) is 6.07 Å². The number of nitro benzene ring substituents is 1. The first kappa shape index (κ1) is 16.7. The van der Waals surface area contributed by atoms with E-state index in [9.17, 15) is 10.1 Å². The lowest BCUT2D eigenvalue weighted by Crippen LogP contribution is -2.41. The van der Waals surface area contributed by atoms with E-state index in [-0.39, 0.29) is 10.6 Å². The van der Waals surface area contributed by atoms with E-state index in [4.69, 9.17) is 4.42 Å². The number of rotatable bonds is 5. The number of piperidine rings is 1. The zero-order chi connectivity index (χ0) is 17.1. The molecule has 0 bridgehead atoms. The maximum atomic E-state index is 11.2. The fraction of sp³-hybridized carbons (Fsp3) is 0.444. The van der Waals surface area contributed by atoms with Gasteiger partial charge in [0.2, 0.25) is 0 Å². The molecule has 0 aliphatic carbocycles. The molecule has 0 amide bonds. The van der Waals surface area contributed by atoms with Crippen molar-refractivity contribution in [2.75, 3.05) is 27.2 Å². The fourth-order valence-corrected chi connectivity index (χ4v) is 3.26. The summed E-state index contributed by atoms with van der Waals surface area (Å²) in [6.45, 7) is 2.96. The summed E-state index contributed by atoms with van der Waals surface area (Å²) >= 11 is 0. The van der Waals surface area contributed by atoms with E-state index < -0.39 is 0 Å². The molecule has 1 fully saturated rings. The Bertz CT molecular complexity index is 705. The lowest BCUT2D eigenvalue weighted by atomic mass is 10.0. The quantitative estimate of drug-likeness (QED) is 0.621. The van der Waals surface area contributed by atoms with Gasteiger partial charge in [-0.15, -0.1) is 0 Å². The van der Waals surface area contributed by atoms with Crippen molar-refractivity contribution in [1.29, 1.82) is 0 Å². The van der Waals surface area contributed by atoms with Crippen molar-refractivity contribution in [1.82, 2.24) is 9.80 Å². The summed E-state index contributed by atoms with van der Waals surface area (Å²) in [5.41, 5.74) is 0.595. The molecule has 0 unspecified atom stereocenters. The predicted octanol–water partition coefficient (Wildman–Crippen LogP) is 3.38. The van der Waals surface area contributed by atoms with Gasteiger partial charge in [0.25, 0.3) is 5.69 Å². The minimum Gasteiger partial charge on any atom is -0.459 e. The lowest BCUT2D eigenvalue weighted by molar-refractivity contribution is -0.384. The Balaban J connectivity index is 1.71. The number of benzene rings is 1. The van der Waals surface area contributed by atoms with E-state index in [1.807, 2.05) is 12.1 Å². The van der Waals surface area contributed by atoms with Gasteiger partial charge < -0.3 is 9.32 Å². The lowest BCUT2D eigenvalue weighted by Gasteiger charge is -2.34. The maximum absolute atomic E-state index is 11.2. The minimum absolute atomic E-state index is 0.0714. The van der Waals surface area contributed by atoms with Crippen molar-refractivity contribution in [2.24, 2.45) is 0 Å². The Hall–Kier alpha value is -2.18. The van der Waals surface area contributed by atoms with Gasteiger partial charge in [-0.25, -0.2) is 0 Å². The maximum Gasteiger partial charge on any atom is 0.280 e. The summed E-state index contributed by atoms with van der Waals surface area (Å²) in [4.78, 5) is 15.5. The molecule has 3 rings (SSSR count). The summed E-state index contributed by atoms with van der Waals surface area (Å²) in [7, 11) is 4.27. The Kier molecular flexibility index (Phi) is 4.97. The number of likely N-dealkylation sites (tertiary alicyclic amines) is 1. The van der Waals surface area contributed by atoms with Crippen molar-refractivity contribution >= 4 is 5.69 Å². The average molecular weight is 329 g/mol. The van der Waals surface area contributed by atoms with Gasteiger partial charge in [-0.05, 0) is 58.2 Å². The van der Waals surface area contributed by atoms with Crippen LogP contribution in [0.2, 0.25) is 0 Å². The average Bonchev–Trinajstić information content (AvgIpc) is 3.03. The van der Waals surface area contributed by atoms with Crippen LogP contribution in [0.4, 0.5) is 5.69 Å². The Morgan fingerprint density at radius 1 is 1.25 bits per heavy atom. The third-order valence-electron chi connectivity index (χ3n) is 4.74. The minimum atomic E-state index is -0.373. The zero-order valence-corrected chi connectivity index (χ0v) is 14.1. The predicted molar refractivity (Wildman–Crippen MR) is 92.8 cm³/mol. The molecule has 2 aromatic rings. The highest BCUT2D eigenvalue weighted by molar-refractivity contribution is 5.69. The molecule has 0 radical (unpaired) electrons. The molecular weight excluding hydrogens is 306 g/mol. The molecule has 128 valence electrons. The number of hydrogen-bond acceptors (Lipinski definition) is 5. The van der Waals surface area contributed by atoms with Crippen molar-refractivity contribution < 1.29 is 9.34 Å². The van der Waals surface area contributed by atoms with Crippen LogP contribution in [0.5, 0.6) is 0 Å². The molecule has 2 heterocycles. The molecule has 0 atom stereocenters. The van der Waals surface area contributed by atoms with E-state index in [2.05, 4.69) is 23.9 Å². The van der Waals surface area contributed by atoms with Crippen LogP contribution in [0.15, 0.2) is 40.8 Å². The second kappa shape index (κ2) is 7.15. The van der Waals surface area contributed by atoms with Gasteiger partial charge in [0.1, 0.15) is 11.5 Å². The number of nitrogens with zero attached hydrogens (tertiary/aromatic N) is 3. The van der Waals surface area contributed by atoms with Gasteiger partial charge in [-0.2, -0.15) is 0 Å². The van der Waals surface area contributed by atoms with Gasteiger partial charge in [-0.1, -0.05) is 12.1 Å². The number of para-hydroxylation sites is 1. The third-order valence-corrected chi connectivity index (χ3v) is 4.74. The first-order valence-corrected chi connectivity index (χ1v) is 8.26. The second-order valence-electron chi connectivity index (χ2n) is 6.49. The molecule has 1 aliphatic rings. The van der Waals surface area contributed by atoms with Crippen LogP contribution in [0.3, 0.4) is 0 Å². The van der Waals surface area contributed by atoms with Crippen LogP contribution in [0.25, 0.3) is 11.3 Å². The van der Waals surface area contributed by atoms with E-state index in [0.29, 0.717) is 17.4 Å². The van der Waals surface area contributed by atoms with Crippen LogP contribution < -0.4 is 0 Å². The van der Waals surface area contributed by atoms with E-state index >= 15 is 0 Å². The highest BCUT2D eigenvalue weighted by atomic mass is 16.6. The number of nitro groups is 1. The molecule has 6 nitrogen and oxygen atoms in total. The number of furan rings is 1. The van der Waals surface area contributed by atoms with E-state index in [1.54, 1.807) is 18.2 Å². The Labute approximate surface area is 141 Å². The standard InChI is InChI=1S/C18H23N3O3/c1-19-11-9-14(10-12-19)20(2)13-15-7-8-18(24-15)16-5-3-4-6-17(16)21(22)23/h3-8,14H,9-13H2,1-2H3. The molecule has 1 aromatic carbocycles. The Morgan fingerprint density at radius 3 is 2.67 bits per heavy atom.